The van der Waals surface area contributed by atoms with Crippen LogP contribution in [0.4, 0.5) is 10.3 Å². The van der Waals surface area contributed by atoms with Gasteiger partial charge in [0.05, 0.1) is 11.0 Å². The number of aromatic nitrogens is 2. The number of halogens is 1. The standard InChI is InChI=1S/C13H18FN3S/c1-8-6-12-11(7-10(8)14)16-13(15)17(12)9(2)4-5-18-3/h6-7,9H,4-5H2,1-3H3,(H2,15,16). The van der Waals surface area contributed by atoms with Gasteiger partial charge in [0.2, 0.25) is 5.95 Å². The van der Waals surface area contributed by atoms with E-state index in [1.165, 1.54) is 6.07 Å². The van der Waals surface area contributed by atoms with Crippen molar-refractivity contribution in [2.45, 2.75) is 26.3 Å². The highest BCUT2D eigenvalue weighted by molar-refractivity contribution is 7.98. The highest BCUT2D eigenvalue weighted by Gasteiger charge is 2.15. The molecule has 2 N–H and O–H groups in total. The number of nitrogen functional groups attached to an aromatic ring is 1. The quantitative estimate of drug-likeness (QED) is 0.923. The maximum absolute atomic E-state index is 13.5. The average Bonchev–Trinajstić information content (AvgIpc) is 2.62. The molecule has 3 nitrogen and oxygen atoms in total. The van der Waals surface area contributed by atoms with E-state index in [2.05, 4.69) is 18.2 Å². The van der Waals surface area contributed by atoms with Gasteiger partial charge in [-0.2, -0.15) is 11.8 Å². The maximum Gasteiger partial charge on any atom is 0.201 e. The number of hydrogen-bond donors (Lipinski definition) is 1. The van der Waals surface area contributed by atoms with Gasteiger partial charge in [0.15, 0.2) is 0 Å². The Morgan fingerprint density at radius 1 is 1.50 bits per heavy atom. The van der Waals surface area contributed by atoms with Crippen molar-refractivity contribution in [1.82, 2.24) is 9.55 Å². The van der Waals surface area contributed by atoms with E-state index in [0.29, 0.717) is 17.0 Å². The van der Waals surface area contributed by atoms with Crippen LogP contribution >= 0.6 is 11.8 Å². The Bertz CT molecular complexity index is 565. The highest BCUT2D eigenvalue weighted by atomic mass is 32.2. The van der Waals surface area contributed by atoms with Crippen LogP contribution in [0.1, 0.15) is 24.9 Å². The third-order valence-electron chi connectivity index (χ3n) is 3.18. The van der Waals surface area contributed by atoms with Crippen molar-refractivity contribution in [2.75, 3.05) is 17.7 Å². The number of thioether (sulfide) groups is 1. The molecule has 0 spiro atoms. The summed E-state index contributed by atoms with van der Waals surface area (Å²) in [6.07, 6.45) is 3.11. The molecule has 1 aromatic carbocycles. The molecule has 1 aromatic heterocycles. The van der Waals surface area contributed by atoms with Crippen LogP contribution in [0.25, 0.3) is 11.0 Å². The van der Waals surface area contributed by atoms with E-state index in [4.69, 9.17) is 5.73 Å². The molecule has 1 heterocycles. The number of fused-ring (bicyclic) bond motifs is 1. The fraction of sp³-hybridized carbons (Fsp3) is 0.462. The smallest absolute Gasteiger partial charge is 0.201 e. The average molecular weight is 267 g/mol. The van der Waals surface area contributed by atoms with E-state index in [-0.39, 0.29) is 11.9 Å². The first-order valence-corrected chi connectivity index (χ1v) is 7.36. The van der Waals surface area contributed by atoms with Crippen molar-refractivity contribution in [3.8, 4) is 0 Å². The van der Waals surface area contributed by atoms with Crippen LogP contribution in [0.15, 0.2) is 12.1 Å². The third-order valence-corrected chi connectivity index (χ3v) is 3.82. The molecule has 2 rings (SSSR count). The second-order valence-corrected chi connectivity index (χ2v) is 5.55. The first-order valence-electron chi connectivity index (χ1n) is 5.97. The van der Waals surface area contributed by atoms with Crippen molar-refractivity contribution < 1.29 is 4.39 Å². The SMILES string of the molecule is CSCCC(C)n1c(N)nc2cc(F)c(C)cc21. The molecule has 0 radical (unpaired) electrons. The van der Waals surface area contributed by atoms with Gasteiger partial charge >= 0.3 is 0 Å². The van der Waals surface area contributed by atoms with Gasteiger partial charge in [-0.3, -0.25) is 0 Å². The normalized spacial score (nSPS) is 13.1. The number of aryl methyl sites for hydroxylation is 1. The first-order chi connectivity index (χ1) is 8.54. The Labute approximate surface area is 111 Å². The Kier molecular flexibility index (Phi) is 3.80. The molecule has 98 valence electrons. The minimum absolute atomic E-state index is 0.232. The molecule has 0 fully saturated rings. The summed E-state index contributed by atoms with van der Waals surface area (Å²) >= 11 is 1.81. The largest absolute Gasteiger partial charge is 0.369 e. The van der Waals surface area contributed by atoms with Crippen molar-refractivity contribution in [3.63, 3.8) is 0 Å². The summed E-state index contributed by atoms with van der Waals surface area (Å²) in [5, 5.41) is 0. The molecule has 1 unspecified atom stereocenters. The summed E-state index contributed by atoms with van der Waals surface area (Å²) < 4.78 is 15.5. The number of rotatable bonds is 4. The zero-order valence-corrected chi connectivity index (χ0v) is 11.7. The molecule has 0 bridgehead atoms. The Morgan fingerprint density at radius 2 is 2.22 bits per heavy atom. The van der Waals surface area contributed by atoms with Gasteiger partial charge in [0.25, 0.3) is 0 Å². The molecule has 2 aromatic rings. The molecule has 0 amide bonds. The van der Waals surface area contributed by atoms with E-state index >= 15 is 0 Å². The van der Waals surface area contributed by atoms with Crippen LogP contribution in [-0.2, 0) is 0 Å². The molecular formula is C13H18FN3S. The van der Waals surface area contributed by atoms with Crippen molar-refractivity contribution in [3.05, 3.63) is 23.5 Å². The minimum atomic E-state index is -0.232. The molecule has 1 atom stereocenters. The van der Waals surface area contributed by atoms with E-state index in [1.807, 2.05) is 22.4 Å². The summed E-state index contributed by atoms with van der Waals surface area (Å²) in [7, 11) is 0. The van der Waals surface area contributed by atoms with Gasteiger partial charge in [-0.1, -0.05) is 0 Å². The van der Waals surface area contributed by atoms with Gasteiger partial charge in [-0.15, -0.1) is 0 Å². The lowest BCUT2D eigenvalue weighted by Gasteiger charge is -2.15. The molecular weight excluding hydrogens is 249 g/mol. The summed E-state index contributed by atoms with van der Waals surface area (Å²) in [6.45, 7) is 3.88. The lowest BCUT2D eigenvalue weighted by Crippen LogP contribution is -2.09. The topological polar surface area (TPSA) is 43.8 Å². The zero-order chi connectivity index (χ0) is 13.3. The maximum atomic E-state index is 13.5. The molecule has 0 saturated carbocycles. The third kappa shape index (κ3) is 2.32. The van der Waals surface area contributed by atoms with Gasteiger partial charge in [-0.05, 0) is 43.9 Å². The van der Waals surface area contributed by atoms with Crippen LogP contribution in [-0.4, -0.2) is 21.6 Å². The van der Waals surface area contributed by atoms with Gasteiger partial charge in [0, 0.05) is 12.1 Å². The van der Waals surface area contributed by atoms with Gasteiger partial charge in [0.1, 0.15) is 5.82 Å². The summed E-state index contributed by atoms with van der Waals surface area (Å²) in [6, 6.07) is 3.55. The van der Waals surface area contributed by atoms with Crippen LogP contribution in [0.5, 0.6) is 0 Å². The Balaban J connectivity index is 2.49. The van der Waals surface area contributed by atoms with Gasteiger partial charge in [-0.25, -0.2) is 9.37 Å². The summed E-state index contributed by atoms with van der Waals surface area (Å²) in [5.74, 6) is 1.30. The minimum Gasteiger partial charge on any atom is -0.369 e. The monoisotopic (exact) mass is 267 g/mol. The molecule has 5 heteroatoms. The lowest BCUT2D eigenvalue weighted by molar-refractivity contribution is 0.555. The number of imidazole rings is 1. The number of nitrogens with zero attached hydrogens (tertiary/aromatic N) is 2. The number of hydrogen-bond acceptors (Lipinski definition) is 3. The molecule has 0 saturated heterocycles. The first kappa shape index (κ1) is 13.2. The fourth-order valence-corrected chi connectivity index (χ4v) is 2.70. The zero-order valence-electron chi connectivity index (χ0n) is 10.9. The summed E-state index contributed by atoms with van der Waals surface area (Å²) in [4.78, 5) is 4.24. The molecule has 0 aliphatic rings. The lowest BCUT2D eigenvalue weighted by atomic mass is 10.2. The Morgan fingerprint density at radius 3 is 2.89 bits per heavy atom. The number of anilines is 1. The summed E-state index contributed by atoms with van der Waals surface area (Å²) in [5.41, 5.74) is 8.12. The molecule has 0 aliphatic carbocycles. The highest BCUT2D eigenvalue weighted by Crippen LogP contribution is 2.27. The predicted octanol–water partition coefficient (Wildman–Crippen LogP) is 3.38. The van der Waals surface area contributed by atoms with Crippen molar-refractivity contribution in [2.24, 2.45) is 0 Å². The van der Waals surface area contributed by atoms with Crippen LogP contribution in [0.2, 0.25) is 0 Å². The van der Waals surface area contributed by atoms with E-state index in [9.17, 15) is 4.39 Å². The van der Waals surface area contributed by atoms with Crippen molar-refractivity contribution in [1.29, 1.82) is 0 Å². The molecule has 0 aliphatic heterocycles. The van der Waals surface area contributed by atoms with Crippen LogP contribution < -0.4 is 5.73 Å². The van der Waals surface area contributed by atoms with Gasteiger partial charge < -0.3 is 10.3 Å². The Hall–Kier alpha value is -1.23. The second-order valence-electron chi connectivity index (χ2n) is 4.56. The second kappa shape index (κ2) is 5.18. The van der Waals surface area contributed by atoms with E-state index in [0.717, 1.165) is 17.7 Å². The number of benzene rings is 1. The molecule has 18 heavy (non-hydrogen) atoms. The van der Waals surface area contributed by atoms with E-state index in [1.54, 1.807) is 6.92 Å². The van der Waals surface area contributed by atoms with Crippen molar-refractivity contribution >= 4 is 28.7 Å². The number of nitrogens with two attached hydrogens (primary N) is 1. The van der Waals surface area contributed by atoms with Crippen LogP contribution in [0, 0.1) is 12.7 Å². The fourth-order valence-electron chi connectivity index (χ4n) is 2.12. The predicted molar refractivity (Wildman–Crippen MR) is 76.6 cm³/mol. The van der Waals surface area contributed by atoms with E-state index < -0.39 is 0 Å². The van der Waals surface area contributed by atoms with Crippen LogP contribution in [0.3, 0.4) is 0 Å².